The number of hydrogen-bond acceptors (Lipinski definition) is 2. The van der Waals surface area contributed by atoms with Crippen LogP contribution in [-0.4, -0.2) is 12.8 Å². The monoisotopic (exact) mass is 194 g/mol. The smallest absolute Gasteiger partial charge is 0.302 e. The SMILES string of the molecule is CC1(C)CCC[C@@H]1OP(C)(=O)F. The standard InChI is InChI=1S/C8H16FO2P/c1-8(2)6-4-5-7(8)11-12(3,9)10/h7H,4-6H2,1-3H3/t7-,12?/m0/s1. The molecule has 0 spiro atoms. The molecule has 1 saturated carbocycles. The molecule has 1 unspecified atom stereocenters. The lowest BCUT2D eigenvalue weighted by Gasteiger charge is -2.26. The Hall–Kier alpha value is 0.120. The highest BCUT2D eigenvalue weighted by Crippen LogP contribution is 2.52. The van der Waals surface area contributed by atoms with Gasteiger partial charge in [-0.25, -0.2) is 0 Å². The fourth-order valence-corrected chi connectivity index (χ4v) is 2.56. The van der Waals surface area contributed by atoms with Crippen LogP contribution in [0.5, 0.6) is 0 Å². The zero-order chi connectivity index (χ0) is 9.41. The summed E-state index contributed by atoms with van der Waals surface area (Å²) in [5.41, 5.74) is -0.0161. The molecule has 72 valence electrons. The van der Waals surface area contributed by atoms with Gasteiger partial charge in [0.1, 0.15) is 0 Å². The first kappa shape index (κ1) is 10.2. The summed E-state index contributed by atoms with van der Waals surface area (Å²) in [6.07, 6.45) is 2.72. The molecule has 2 nitrogen and oxygen atoms in total. The molecule has 0 aromatic rings. The number of rotatable bonds is 2. The third-order valence-corrected chi connectivity index (χ3v) is 3.11. The Morgan fingerprint density at radius 3 is 2.50 bits per heavy atom. The second-order valence-corrected chi connectivity index (χ2v) is 5.93. The maximum Gasteiger partial charge on any atom is 0.364 e. The summed E-state index contributed by atoms with van der Waals surface area (Å²) in [5, 5.41) is 0. The molecule has 1 aliphatic rings. The quantitative estimate of drug-likeness (QED) is 0.630. The number of hydrogen-bond donors (Lipinski definition) is 0. The van der Waals surface area contributed by atoms with Crippen LogP contribution in [-0.2, 0) is 9.09 Å². The Morgan fingerprint density at radius 1 is 1.58 bits per heavy atom. The molecule has 0 heterocycles. The maximum absolute atomic E-state index is 12.7. The van der Waals surface area contributed by atoms with Gasteiger partial charge in [0.15, 0.2) is 0 Å². The van der Waals surface area contributed by atoms with E-state index < -0.39 is 7.68 Å². The minimum Gasteiger partial charge on any atom is -0.302 e. The molecule has 0 saturated heterocycles. The molecule has 1 rings (SSSR count). The van der Waals surface area contributed by atoms with E-state index in [2.05, 4.69) is 0 Å². The molecule has 0 aliphatic heterocycles. The van der Waals surface area contributed by atoms with Crippen molar-refractivity contribution in [3.05, 3.63) is 0 Å². The molecule has 2 atom stereocenters. The minimum atomic E-state index is -3.79. The summed E-state index contributed by atoms with van der Waals surface area (Å²) >= 11 is 0. The van der Waals surface area contributed by atoms with Gasteiger partial charge in [-0.3, -0.25) is 4.57 Å². The van der Waals surface area contributed by atoms with Gasteiger partial charge in [0.05, 0.1) is 6.10 Å². The molecule has 1 aliphatic carbocycles. The Kier molecular flexibility index (Phi) is 2.65. The van der Waals surface area contributed by atoms with Crippen LogP contribution in [0.1, 0.15) is 33.1 Å². The predicted molar refractivity (Wildman–Crippen MR) is 47.1 cm³/mol. The zero-order valence-corrected chi connectivity index (χ0v) is 8.73. The van der Waals surface area contributed by atoms with E-state index in [9.17, 15) is 8.76 Å². The van der Waals surface area contributed by atoms with Gasteiger partial charge in [0, 0.05) is 6.66 Å². The Balaban J connectivity index is 2.59. The maximum atomic E-state index is 12.7. The van der Waals surface area contributed by atoms with E-state index in [0.717, 1.165) is 25.9 Å². The van der Waals surface area contributed by atoms with E-state index >= 15 is 0 Å². The van der Waals surface area contributed by atoms with Crippen molar-refractivity contribution in [1.29, 1.82) is 0 Å². The van der Waals surface area contributed by atoms with Gasteiger partial charge in [-0.15, -0.1) is 0 Å². The van der Waals surface area contributed by atoms with Crippen LogP contribution in [0.15, 0.2) is 0 Å². The van der Waals surface area contributed by atoms with Crippen molar-refractivity contribution in [2.24, 2.45) is 5.41 Å². The molecule has 0 radical (unpaired) electrons. The lowest BCUT2D eigenvalue weighted by molar-refractivity contribution is 0.0987. The summed E-state index contributed by atoms with van der Waals surface area (Å²) in [6, 6.07) is 0. The molecular formula is C8H16FO2P. The van der Waals surface area contributed by atoms with Gasteiger partial charge in [-0.2, -0.15) is 4.20 Å². The van der Waals surface area contributed by atoms with E-state index in [0.29, 0.717) is 0 Å². The summed E-state index contributed by atoms with van der Waals surface area (Å²) in [4.78, 5) is 0. The first-order valence-corrected chi connectivity index (χ1v) is 6.23. The van der Waals surface area contributed by atoms with Gasteiger partial charge < -0.3 is 4.52 Å². The molecule has 0 bridgehead atoms. The summed E-state index contributed by atoms with van der Waals surface area (Å²) < 4.78 is 28.4. The zero-order valence-electron chi connectivity index (χ0n) is 7.84. The fraction of sp³-hybridized carbons (Fsp3) is 1.00. The highest BCUT2D eigenvalue weighted by Gasteiger charge is 2.38. The summed E-state index contributed by atoms with van der Waals surface area (Å²) in [5.74, 6) is 0. The lowest BCUT2D eigenvalue weighted by Crippen LogP contribution is -2.24. The van der Waals surface area contributed by atoms with Crippen molar-refractivity contribution in [2.45, 2.75) is 39.2 Å². The van der Waals surface area contributed by atoms with Crippen molar-refractivity contribution < 1.29 is 13.3 Å². The highest BCUT2D eigenvalue weighted by molar-refractivity contribution is 7.52. The van der Waals surface area contributed by atoms with E-state index in [-0.39, 0.29) is 11.5 Å². The largest absolute Gasteiger partial charge is 0.364 e. The van der Waals surface area contributed by atoms with E-state index in [1.807, 2.05) is 13.8 Å². The van der Waals surface area contributed by atoms with Crippen LogP contribution in [0.25, 0.3) is 0 Å². The van der Waals surface area contributed by atoms with Crippen molar-refractivity contribution in [3.8, 4) is 0 Å². The molecule has 0 aromatic heterocycles. The molecule has 0 aromatic carbocycles. The van der Waals surface area contributed by atoms with Gasteiger partial charge in [-0.05, 0) is 18.3 Å². The van der Waals surface area contributed by atoms with Crippen molar-refractivity contribution in [1.82, 2.24) is 0 Å². The lowest BCUT2D eigenvalue weighted by atomic mass is 9.90. The molecular weight excluding hydrogens is 178 g/mol. The second-order valence-electron chi connectivity index (χ2n) is 4.22. The van der Waals surface area contributed by atoms with Crippen LogP contribution in [0.2, 0.25) is 0 Å². The molecule has 0 amide bonds. The normalized spacial score (nSPS) is 33.2. The van der Waals surface area contributed by atoms with Crippen molar-refractivity contribution in [3.63, 3.8) is 0 Å². The molecule has 4 heteroatoms. The summed E-state index contributed by atoms with van der Waals surface area (Å²) in [6.45, 7) is 5.09. The average molecular weight is 194 g/mol. The van der Waals surface area contributed by atoms with Gasteiger partial charge >= 0.3 is 7.68 Å². The van der Waals surface area contributed by atoms with Crippen LogP contribution in [0, 0.1) is 5.41 Å². The third kappa shape index (κ3) is 2.56. The first-order valence-electron chi connectivity index (χ1n) is 4.27. The fourth-order valence-electron chi connectivity index (χ4n) is 1.72. The van der Waals surface area contributed by atoms with E-state index in [1.54, 1.807) is 0 Å². The predicted octanol–water partition coefficient (Wildman–Crippen LogP) is 3.37. The van der Waals surface area contributed by atoms with Gasteiger partial charge in [-0.1, -0.05) is 20.3 Å². The Labute approximate surface area is 73.1 Å². The van der Waals surface area contributed by atoms with E-state index in [4.69, 9.17) is 4.52 Å². The van der Waals surface area contributed by atoms with Crippen LogP contribution in [0.4, 0.5) is 4.20 Å². The Morgan fingerprint density at radius 2 is 2.17 bits per heavy atom. The third-order valence-electron chi connectivity index (χ3n) is 2.47. The average Bonchev–Trinajstić information content (AvgIpc) is 2.07. The number of halogens is 1. The van der Waals surface area contributed by atoms with Crippen molar-refractivity contribution >= 4 is 7.68 Å². The topological polar surface area (TPSA) is 26.3 Å². The van der Waals surface area contributed by atoms with Crippen molar-refractivity contribution in [2.75, 3.05) is 6.66 Å². The molecule has 12 heavy (non-hydrogen) atoms. The van der Waals surface area contributed by atoms with Gasteiger partial charge in [0.25, 0.3) is 0 Å². The first-order chi connectivity index (χ1) is 5.31. The highest BCUT2D eigenvalue weighted by atomic mass is 31.2. The van der Waals surface area contributed by atoms with E-state index in [1.165, 1.54) is 0 Å². The Bertz CT molecular complexity index is 209. The van der Waals surface area contributed by atoms with Crippen LogP contribution < -0.4 is 0 Å². The van der Waals surface area contributed by atoms with Crippen LogP contribution >= 0.6 is 7.68 Å². The van der Waals surface area contributed by atoms with Crippen LogP contribution in [0.3, 0.4) is 0 Å². The molecule has 0 N–H and O–H groups in total. The van der Waals surface area contributed by atoms with Gasteiger partial charge in [0.2, 0.25) is 0 Å². The minimum absolute atomic E-state index is 0.0161. The second kappa shape index (κ2) is 3.12. The molecule has 1 fully saturated rings. The summed E-state index contributed by atoms with van der Waals surface area (Å²) in [7, 11) is -3.79.